The number of carboxylic acids is 1. The molecule has 1 amide bonds. The van der Waals surface area contributed by atoms with Gasteiger partial charge in [0.05, 0.1) is 12.0 Å². The van der Waals surface area contributed by atoms with Crippen LogP contribution in [0.1, 0.15) is 49.3 Å². The topological polar surface area (TPSA) is 66.4 Å². The molecule has 0 spiro atoms. The van der Waals surface area contributed by atoms with E-state index in [4.69, 9.17) is 0 Å². The third kappa shape index (κ3) is 4.31. The van der Waals surface area contributed by atoms with Crippen molar-refractivity contribution in [2.24, 2.45) is 11.8 Å². The molecule has 26 heavy (non-hydrogen) atoms. The van der Waals surface area contributed by atoms with Gasteiger partial charge in [0.1, 0.15) is 0 Å². The van der Waals surface area contributed by atoms with Crippen LogP contribution in [-0.2, 0) is 9.59 Å². The van der Waals surface area contributed by atoms with Crippen LogP contribution in [0.3, 0.4) is 0 Å². The van der Waals surface area contributed by atoms with E-state index in [2.05, 4.69) is 17.4 Å². The summed E-state index contributed by atoms with van der Waals surface area (Å²) in [6.07, 6.45) is 2.49. The lowest BCUT2D eigenvalue weighted by molar-refractivity contribution is -0.142. The SMILES string of the molecule is CC(C(=O)O)C(NC(=O)CC1CC(c2ccccc2)C1)c1ccccc1. The molecule has 2 aromatic rings. The van der Waals surface area contributed by atoms with E-state index >= 15 is 0 Å². The zero-order valence-electron chi connectivity index (χ0n) is 15.0. The summed E-state index contributed by atoms with van der Waals surface area (Å²) in [6, 6.07) is 19.2. The van der Waals surface area contributed by atoms with E-state index in [1.54, 1.807) is 6.92 Å². The summed E-state index contributed by atoms with van der Waals surface area (Å²) < 4.78 is 0. The Balaban J connectivity index is 1.56. The van der Waals surface area contributed by atoms with Gasteiger partial charge in [-0.15, -0.1) is 0 Å². The highest BCUT2D eigenvalue weighted by Crippen LogP contribution is 2.43. The first-order valence-electron chi connectivity index (χ1n) is 9.16. The second-order valence-electron chi connectivity index (χ2n) is 7.23. The molecule has 0 saturated heterocycles. The highest BCUT2D eigenvalue weighted by molar-refractivity contribution is 5.78. The fraction of sp³-hybridized carbons (Fsp3) is 0.364. The predicted octanol–water partition coefficient (Wildman–Crippen LogP) is 4.15. The molecule has 0 bridgehead atoms. The Hall–Kier alpha value is -2.62. The Morgan fingerprint density at radius 3 is 2.19 bits per heavy atom. The van der Waals surface area contributed by atoms with Gasteiger partial charge in [-0.2, -0.15) is 0 Å². The minimum atomic E-state index is -0.910. The van der Waals surface area contributed by atoms with Crippen LogP contribution in [-0.4, -0.2) is 17.0 Å². The van der Waals surface area contributed by atoms with Crippen LogP contribution in [0, 0.1) is 11.8 Å². The van der Waals surface area contributed by atoms with Crippen LogP contribution < -0.4 is 5.32 Å². The van der Waals surface area contributed by atoms with Crippen LogP contribution in [0.15, 0.2) is 60.7 Å². The summed E-state index contributed by atoms with van der Waals surface area (Å²) in [5.74, 6) is -0.746. The fourth-order valence-corrected chi connectivity index (χ4v) is 3.69. The van der Waals surface area contributed by atoms with Crippen molar-refractivity contribution in [2.75, 3.05) is 0 Å². The number of carbonyl (C=O) groups excluding carboxylic acids is 1. The highest BCUT2D eigenvalue weighted by Gasteiger charge is 2.33. The number of nitrogens with one attached hydrogen (secondary N) is 1. The van der Waals surface area contributed by atoms with Crippen molar-refractivity contribution in [1.82, 2.24) is 5.32 Å². The first-order valence-corrected chi connectivity index (χ1v) is 9.16. The molecule has 4 heteroatoms. The number of aliphatic carboxylic acids is 1. The van der Waals surface area contributed by atoms with Crippen LogP contribution >= 0.6 is 0 Å². The predicted molar refractivity (Wildman–Crippen MR) is 101 cm³/mol. The summed E-state index contributed by atoms with van der Waals surface area (Å²) in [4.78, 5) is 23.9. The monoisotopic (exact) mass is 351 g/mol. The number of amides is 1. The van der Waals surface area contributed by atoms with Crippen molar-refractivity contribution < 1.29 is 14.7 Å². The Bertz CT molecular complexity index is 738. The van der Waals surface area contributed by atoms with Crippen molar-refractivity contribution in [1.29, 1.82) is 0 Å². The van der Waals surface area contributed by atoms with Crippen LogP contribution in [0.25, 0.3) is 0 Å². The smallest absolute Gasteiger partial charge is 0.308 e. The molecule has 3 rings (SSSR count). The van der Waals surface area contributed by atoms with E-state index in [0.717, 1.165) is 18.4 Å². The minimum Gasteiger partial charge on any atom is -0.481 e. The second kappa shape index (κ2) is 8.17. The summed E-state index contributed by atoms with van der Waals surface area (Å²) >= 11 is 0. The van der Waals surface area contributed by atoms with Gasteiger partial charge in [0.15, 0.2) is 0 Å². The first-order chi connectivity index (χ1) is 12.5. The maximum absolute atomic E-state index is 12.5. The van der Waals surface area contributed by atoms with Gasteiger partial charge in [-0.25, -0.2) is 0 Å². The summed E-state index contributed by atoms with van der Waals surface area (Å²) in [5, 5.41) is 12.3. The Morgan fingerprint density at radius 1 is 1.04 bits per heavy atom. The maximum atomic E-state index is 12.5. The zero-order valence-corrected chi connectivity index (χ0v) is 15.0. The summed E-state index contributed by atoms with van der Waals surface area (Å²) in [5.41, 5.74) is 2.16. The van der Waals surface area contributed by atoms with Crippen molar-refractivity contribution in [3.63, 3.8) is 0 Å². The maximum Gasteiger partial charge on any atom is 0.308 e. The van der Waals surface area contributed by atoms with Gasteiger partial charge in [-0.05, 0) is 42.7 Å². The number of carboxylic acid groups (broad SMARTS) is 1. The molecule has 2 N–H and O–H groups in total. The molecule has 0 aliphatic heterocycles. The zero-order chi connectivity index (χ0) is 18.5. The van der Waals surface area contributed by atoms with Gasteiger partial charge in [-0.1, -0.05) is 60.7 Å². The van der Waals surface area contributed by atoms with Crippen LogP contribution in [0.5, 0.6) is 0 Å². The number of hydrogen-bond acceptors (Lipinski definition) is 2. The molecule has 2 atom stereocenters. The molecule has 136 valence electrons. The standard InChI is InChI=1S/C22H25NO3/c1-15(22(25)26)21(18-10-6-3-7-11-18)23-20(24)14-16-12-19(13-16)17-8-4-2-5-9-17/h2-11,15-16,19,21H,12-14H2,1H3,(H,23,24)(H,25,26). The molecule has 0 radical (unpaired) electrons. The average molecular weight is 351 g/mol. The van der Waals surface area contributed by atoms with E-state index in [-0.39, 0.29) is 5.91 Å². The van der Waals surface area contributed by atoms with E-state index in [0.29, 0.717) is 18.3 Å². The average Bonchev–Trinajstić information content (AvgIpc) is 2.63. The van der Waals surface area contributed by atoms with Gasteiger partial charge in [0.2, 0.25) is 5.91 Å². The number of rotatable bonds is 7. The molecule has 2 unspecified atom stereocenters. The van der Waals surface area contributed by atoms with Crippen molar-refractivity contribution in [2.45, 2.75) is 38.1 Å². The lowest BCUT2D eigenvalue weighted by atomic mass is 9.70. The largest absolute Gasteiger partial charge is 0.481 e. The van der Waals surface area contributed by atoms with E-state index in [1.807, 2.05) is 48.5 Å². The number of carbonyl (C=O) groups is 2. The molecule has 1 aliphatic rings. The number of benzene rings is 2. The molecule has 1 aliphatic carbocycles. The quantitative estimate of drug-likeness (QED) is 0.787. The molecule has 1 fully saturated rings. The third-order valence-corrected chi connectivity index (χ3v) is 5.35. The highest BCUT2D eigenvalue weighted by atomic mass is 16.4. The Morgan fingerprint density at radius 2 is 1.62 bits per heavy atom. The second-order valence-corrected chi connectivity index (χ2v) is 7.23. The molecular weight excluding hydrogens is 326 g/mol. The molecule has 1 saturated carbocycles. The van der Waals surface area contributed by atoms with Gasteiger partial charge >= 0.3 is 5.97 Å². The van der Waals surface area contributed by atoms with Crippen LogP contribution in [0.2, 0.25) is 0 Å². The van der Waals surface area contributed by atoms with Gasteiger partial charge in [0.25, 0.3) is 0 Å². The third-order valence-electron chi connectivity index (χ3n) is 5.35. The number of hydrogen-bond donors (Lipinski definition) is 2. The van der Waals surface area contributed by atoms with Crippen molar-refractivity contribution in [3.05, 3.63) is 71.8 Å². The first kappa shape index (κ1) is 18.2. The van der Waals surface area contributed by atoms with E-state index in [1.165, 1.54) is 5.56 Å². The lowest BCUT2D eigenvalue weighted by Gasteiger charge is -2.36. The Labute approximate surface area is 154 Å². The Kier molecular flexibility index (Phi) is 5.71. The lowest BCUT2D eigenvalue weighted by Crippen LogP contribution is -2.37. The van der Waals surface area contributed by atoms with E-state index < -0.39 is 17.9 Å². The molecular formula is C22H25NO3. The van der Waals surface area contributed by atoms with Crippen LogP contribution in [0.4, 0.5) is 0 Å². The van der Waals surface area contributed by atoms with Gasteiger partial charge in [-0.3, -0.25) is 9.59 Å². The summed E-state index contributed by atoms with van der Waals surface area (Å²) in [6.45, 7) is 1.63. The van der Waals surface area contributed by atoms with Gasteiger partial charge < -0.3 is 10.4 Å². The van der Waals surface area contributed by atoms with Crippen molar-refractivity contribution in [3.8, 4) is 0 Å². The fourth-order valence-electron chi connectivity index (χ4n) is 3.69. The van der Waals surface area contributed by atoms with Crippen molar-refractivity contribution >= 4 is 11.9 Å². The molecule has 4 nitrogen and oxygen atoms in total. The van der Waals surface area contributed by atoms with E-state index in [9.17, 15) is 14.7 Å². The molecule has 0 aromatic heterocycles. The molecule has 2 aromatic carbocycles. The van der Waals surface area contributed by atoms with Gasteiger partial charge in [0, 0.05) is 6.42 Å². The summed E-state index contributed by atoms with van der Waals surface area (Å²) in [7, 11) is 0. The normalized spacial score (nSPS) is 21.3. The molecule has 0 heterocycles. The minimum absolute atomic E-state index is 0.0662.